The maximum absolute atomic E-state index is 14.7. The zero-order valence-corrected chi connectivity index (χ0v) is 31.2. The number of aliphatic hydroxyl groups excluding tert-OH is 1. The first-order valence-electron chi connectivity index (χ1n) is 19.4. The summed E-state index contributed by atoms with van der Waals surface area (Å²) in [4.78, 5) is 31.6. The minimum Gasteiger partial charge on any atom is -0.504 e. The molecule has 7 heterocycles. The number of methoxy groups -OCH3 is 2. The minimum atomic E-state index is -2.85. The summed E-state index contributed by atoms with van der Waals surface area (Å²) in [5.74, 6) is -0.401. The van der Waals surface area contributed by atoms with E-state index >= 15 is 0 Å². The van der Waals surface area contributed by atoms with E-state index in [4.69, 9.17) is 32.5 Å². The number of aryl methyl sites for hydroxylation is 1. The number of carbonyl (C=O) groups is 2. The maximum atomic E-state index is 14.7. The number of nitrogens with one attached hydrogen (secondary N) is 1. The molecule has 0 aliphatic carbocycles. The lowest BCUT2D eigenvalue weighted by Gasteiger charge is -2.62. The molecule has 14 nitrogen and oxygen atoms in total. The molecule has 2 fully saturated rings. The molecule has 0 saturated carbocycles. The summed E-state index contributed by atoms with van der Waals surface area (Å²) >= 11 is 1.38. The highest BCUT2D eigenvalue weighted by Gasteiger charge is 2.61. The third kappa shape index (κ3) is 4.74. The standard InChI is InChI=1S/C39H43N3O11S/c1-16-9-20-10-22-37(46)42-23-13-50-38(47)39(21-12-25(48-5)24(44)11-19(21)7-8-40-39)14-54-36(30(42)29(41(22)4)26(20)31(45)32(16)49-6)28-27(23)35-34(51-15-52-35)17(2)33(28)53-18(3)43/h9,11-12,22-23,29-30,36-37,40,44-46H,7-8,10,13-15H2,1-6H3/t22-,23-,29+,30+,36-,37-,39-/m0/s1/i6D3. The van der Waals surface area contributed by atoms with Crippen LogP contribution in [0.15, 0.2) is 18.2 Å². The van der Waals surface area contributed by atoms with Crippen molar-refractivity contribution in [3.05, 3.63) is 62.7 Å². The number of aromatic hydroxyl groups is 2. The molecule has 7 aliphatic rings. The maximum Gasteiger partial charge on any atom is 0.331 e. The zero-order chi connectivity index (χ0) is 40.5. The first kappa shape index (κ1) is 31.9. The fourth-order valence-corrected chi connectivity index (χ4v) is 11.6. The van der Waals surface area contributed by atoms with Gasteiger partial charge in [0.05, 0.1) is 41.6 Å². The van der Waals surface area contributed by atoms with E-state index < -0.39 is 60.2 Å². The van der Waals surface area contributed by atoms with Crippen molar-refractivity contribution in [2.24, 2.45) is 0 Å². The fourth-order valence-electron chi connectivity index (χ4n) is 9.87. The van der Waals surface area contributed by atoms with Crippen LogP contribution < -0.4 is 29.0 Å². The molecule has 286 valence electrons. The predicted molar refractivity (Wildman–Crippen MR) is 195 cm³/mol. The van der Waals surface area contributed by atoms with Crippen LogP contribution in [0.5, 0.6) is 40.2 Å². The number of carbonyl (C=O) groups excluding carboxylic acids is 2. The predicted octanol–water partition coefficient (Wildman–Crippen LogP) is 3.41. The third-order valence-corrected chi connectivity index (χ3v) is 13.6. The van der Waals surface area contributed by atoms with Crippen LogP contribution >= 0.6 is 11.8 Å². The Morgan fingerprint density at radius 1 is 1.07 bits per heavy atom. The molecule has 7 aliphatic heterocycles. The molecule has 0 aromatic heterocycles. The van der Waals surface area contributed by atoms with Crippen molar-refractivity contribution in [1.29, 1.82) is 0 Å². The third-order valence-electron chi connectivity index (χ3n) is 12.2. The first-order valence-corrected chi connectivity index (χ1v) is 18.9. The van der Waals surface area contributed by atoms with Crippen molar-refractivity contribution in [2.45, 2.75) is 74.8 Å². The van der Waals surface area contributed by atoms with Gasteiger partial charge in [-0.05, 0) is 68.1 Å². The van der Waals surface area contributed by atoms with Gasteiger partial charge in [-0.3, -0.25) is 19.9 Å². The van der Waals surface area contributed by atoms with Gasteiger partial charge in [0.1, 0.15) is 18.6 Å². The number of fused-ring (bicyclic) bond motifs is 9. The van der Waals surface area contributed by atoms with Crippen LogP contribution in [0.4, 0.5) is 0 Å². The summed E-state index contributed by atoms with van der Waals surface area (Å²) in [7, 11) is 0.445. The van der Waals surface area contributed by atoms with Crippen LogP contribution in [0.2, 0.25) is 0 Å². The molecular weight excluding hydrogens is 719 g/mol. The van der Waals surface area contributed by atoms with Crippen LogP contribution in [0, 0.1) is 13.8 Å². The molecule has 7 atom stereocenters. The molecule has 3 aromatic rings. The van der Waals surface area contributed by atoms with Crippen LogP contribution in [-0.2, 0) is 32.7 Å². The number of thioether (sulfide) groups is 1. The van der Waals surface area contributed by atoms with Gasteiger partial charge in [0.15, 0.2) is 40.0 Å². The highest BCUT2D eigenvalue weighted by molar-refractivity contribution is 7.99. The van der Waals surface area contributed by atoms with Gasteiger partial charge in [0, 0.05) is 47.5 Å². The second kappa shape index (κ2) is 12.6. The van der Waals surface area contributed by atoms with Crippen molar-refractivity contribution in [3.63, 3.8) is 0 Å². The van der Waals surface area contributed by atoms with Gasteiger partial charge in [-0.15, -0.1) is 11.8 Å². The van der Waals surface area contributed by atoms with Gasteiger partial charge in [0.2, 0.25) is 6.79 Å². The number of ether oxygens (including phenoxy) is 6. The number of hydrogen-bond donors (Lipinski definition) is 4. The highest BCUT2D eigenvalue weighted by atomic mass is 32.2. The van der Waals surface area contributed by atoms with Crippen molar-refractivity contribution in [1.82, 2.24) is 15.1 Å². The highest BCUT2D eigenvalue weighted by Crippen LogP contribution is 2.64. The molecule has 10 rings (SSSR count). The first-order chi connectivity index (χ1) is 27.1. The largest absolute Gasteiger partial charge is 0.504 e. The Balaban J connectivity index is 1.31. The van der Waals surface area contributed by atoms with E-state index in [0.29, 0.717) is 64.3 Å². The lowest BCUT2D eigenvalue weighted by Crippen LogP contribution is -2.70. The number of rotatable bonds is 3. The van der Waals surface area contributed by atoms with E-state index in [1.807, 2.05) is 16.8 Å². The Hall–Kier alpha value is -4.41. The smallest absolute Gasteiger partial charge is 0.331 e. The molecule has 0 unspecified atom stereocenters. The number of phenols is 2. The number of aliphatic hydroxyl groups is 1. The van der Waals surface area contributed by atoms with Crippen molar-refractivity contribution in [3.8, 4) is 40.2 Å². The number of phenolic OH excluding ortho intramolecular Hbond substituents is 2. The van der Waals surface area contributed by atoms with Crippen molar-refractivity contribution < 1.29 is 57.4 Å². The molecule has 3 aromatic carbocycles. The second-order valence-corrected chi connectivity index (χ2v) is 16.0. The lowest BCUT2D eigenvalue weighted by atomic mass is 9.73. The van der Waals surface area contributed by atoms with E-state index in [9.17, 15) is 24.9 Å². The van der Waals surface area contributed by atoms with Crippen LogP contribution in [0.3, 0.4) is 0 Å². The Morgan fingerprint density at radius 2 is 1.87 bits per heavy atom. The summed E-state index contributed by atoms with van der Waals surface area (Å²) < 4.78 is 59.1. The average Bonchev–Trinajstić information content (AvgIpc) is 3.64. The molecule has 4 bridgehead atoms. The van der Waals surface area contributed by atoms with E-state index in [1.165, 1.54) is 25.8 Å². The quantitative estimate of drug-likeness (QED) is 0.226. The Kier molecular flexibility index (Phi) is 7.42. The second-order valence-electron chi connectivity index (χ2n) is 14.8. The molecule has 4 N–H and O–H groups in total. The summed E-state index contributed by atoms with van der Waals surface area (Å²) in [5, 5.41) is 38.2. The molecule has 1 spiro atoms. The number of esters is 2. The topological polar surface area (TPSA) is 169 Å². The van der Waals surface area contributed by atoms with Crippen LogP contribution in [-0.4, -0.2) is 102 Å². The van der Waals surface area contributed by atoms with Gasteiger partial charge in [-0.2, -0.15) is 0 Å². The summed E-state index contributed by atoms with van der Waals surface area (Å²) in [6.45, 7) is 4.77. The average molecular weight is 765 g/mol. The summed E-state index contributed by atoms with van der Waals surface area (Å²) in [5.41, 5.74) is 3.17. The number of piperazine rings is 1. The Labute approximate surface area is 320 Å². The number of nitrogens with zero attached hydrogens (tertiary/aromatic N) is 2. The van der Waals surface area contributed by atoms with Gasteiger partial charge in [0.25, 0.3) is 0 Å². The van der Waals surface area contributed by atoms with E-state index in [-0.39, 0.29) is 47.9 Å². The monoisotopic (exact) mass is 764 g/mol. The SMILES string of the molecule is [2H]C([2H])([2H])Oc1c(C)cc2c(c1O)[C@@H]1[C@@H]3[C@H]4SC[C@@]5(NCCc6cc(O)c(OC)cc65)C(=O)OC[C@@H](c5c6c(c(C)c(OC(C)=O)c54)OCO6)N3[C@@H](O)[C@H](C2)N1C. The lowest BCUT2D eigenvalue weighted by molar-refractivity contribution is -0.186. The molecule has 15 heteroatoms. The minimum absolute atomic E-state index is 0.0583. The summed E-state index contributed by atoms with van der Waals surface area (Å²) in [6, 6.07) is 2.25. The molecule has 0 amide bonds. The molecule has 2 saturated heterocycles. The fraction of sp³-hybridized carbons (Fsp3) is 0.487. The van der Waals surface area contributed by atoms with Gasteiger partial charge in [-0.1, -0.05) is 6.07 Å². The van der Waals surface area contributed by atoms with Crippen LogP contribution in [0.25, 0.3) is 0 Å². The molecule has 54 heavy (non-hydrogen) atoms. The van der Waals surface area contributed by atoms with Crippen LogP contribution in [0.1, 0.15) is 72.9 Å². The van der Waals surface area contributed by atoms with Gasteiger partial charge >= 0.3 is 11.9 Å². The number of benzene rings is 3. The molecular formula is C39H43N3O11S. The van der Waals surface area contributed by atoms with Crippen molar-refractivity contribution >= 4 is 23.7 Å². The Bertz CT molecular complexity index is 2240. The normalized spacial score (nSPS) is 30.5. The molecule has 0 radical (unpaired) electrons. The van der Waals surface area contributed by atoms with E-state index in [2.05, 4.69) is 5.32 Å². The van der Waals surface area contributed by atoms with E-state index in [1.54, 1.807) is 32.0 Å². The van der Waals surface area contributed by atoms with E-state index in [0.717, 1.165) is 11.1 Å². The Morgan fingerprint density at radius 3 is 2.63 bits per heavy atom. The zero-order valence-electron chi connectivity index (χ0n) is 33.3. The number of likely N-dealkylation sites (N-methyl/N-ethyl adjacent to an activating group) is 1. The van der Waals surface area contributed by atoms with Crippen molar-refractivity contribution in [2.75, 3.05) is 46.9 Å². The number of hydrogen-bond acceptors (Lipinski definition) is 15. The van der Waals surface area contributed by atoms with Gasteiger partial charge < -0.3 is 43.7 Å². The van der Waals surface area contributed by atoms with Gasteiger partial charge in [-0.25, -0.2) is 4.79 Å². The summed E-state index contributed by atoms with van der Waals surface area (Å²) in [6.07, 6.45) is -0.321.